The Kier molecular flexibility index (Phi) is 3.90. The van der Waals surface area contributed by atoms with E-state index in [0.29, 0.717) is 18.0 Å². The number of ether oxygens (including phenoxy) is 1. The predicted molar refractivity (Wildman–Crippen MR) is 107 cm³/mol. The van der Waals surface area contributed by atoms with E-state index in [1.807, 2.05) is 61.5 Å². The Labute approximate surface area is 160 Å². The highest BCUT2D eigenvalue weighted by atomic mass is 16.5. The van der Waals surface area contributed by atoms with Crippen LogP contribution in [0.3, 0.4) is 0 Å². The Morgan fingerprint density at radius 3 is 3.00 bits per heavy atom. The minimum absolute atomic E-state index is 0.344. The molecular weight excluding hydrogens is 354 g/mol. The maximum Gasteiger partial charge on any atom is 0.178 e. The van der Waals surface area contributed by atoms with Crippen molar-refractivity contribution < 1.29 is 9.26 Å². The second-order valence-corrected chi connectivity index (χ2v) is 6.54. The van der Waals surface area contributed by atoms with Gasteiger partial charge >= 0.3 is 0 Å². The van der Waals surface area contributed by atoms with Crippen LogP contribution in [0.4, 0.5) is 11.5 Å². The van der Waals surface area contributed by atoms with Gasteiger partial charge in [-0.2, -0.15) is 5.10 Å². The molecule has 0 aliphatic carbocycles. The third-order valence-corrected chi connectivity index (χ3v) is 4.49. The van der Waals surface area contributed by atoms with Crippen molar-refractivity contribution in [2.45, 2.75) is 13.5 Å². The average molecular weight is 371 g/mol. The molecule has 138 valence electrons. The first-order valence-corrected chi connectivity index (χ1v) is 8.90. The molecule has 2 N–H and O–H groups in total. The molecule has 5 rings (SSSR count). The highest BCUT2D eigenvalue weighted by molar-refractivity contribution is 5.89. The third-order valence-electron chi connectivity index (χ3n) is 4.49. The Hall–Kier alpha value is -3.87. The van der Waals surface area contributed by atoms with E-state index in [9.17, 15) is 0 Å². The fraction of sp³-hybridized carbons (Fsp3) is 0.0952. The van der Waals surface area contributed by atoms with Gasteiger partial charge < -0.3 is 14.6 Å². The fourth-order valence-corrected chi connectivity index (χ4v) is 3.11. The summed E-state index contributed by atoms with van der Waals surface area (Å²) in [6, 6.07) is 17.5. The maximum absolute atomic E-state index is 5.84. The number of nitrogens with zero attached hydrogens (tertiary/aromatic N) is 3. The SMILES string of the molecule is Cc1cccc(OCc2noc3cc(Nc4n[nH]c5cccnc45)ccc23)c1. The number of nitrogens with one attached hydrogen (secondary N) is 2. The zero-order valence-corrected chi connectivity index (χ0v) is 15.1. The molecule has 0 radical (unpaired) electrons. The first-order valence-electron chi connectivity index (χ1n) is 8.90. The molecule has 3 heterocycles. The van der Waals surface area contributed by atoms with E-state index in [1.165, 1.54) is 0 Å². The van der Waals surface area contributed by atoms with Gasteiger partial charge in [0, 0.05) is 23.3 Å². The smallest absolute Gasteiger partial charge is 0.178 e. The number of aromatic nitrogens is 4. The molecular formula is C21H17N5O2. The molecule has 0 fully saturated rings. The lowest BCUT2D eigenvalue weighted by Gasteiger charge is -2.05. The van der Waals surface area contributed by atoms with Gasteiger partial charge in [-0.1, -0.05) is 17.3 Å². The second-order valence-electron chi connectivity index (χ2n) is 6.54. The molecule has 0 unspecified atom stereocenters. The number of hydrogen-bond donors (Lipinski definition) is 2. The highest BCUT2D eigenvalue weighted by Gasteiger charge is 2.12. The molecule has 0 amide bonds. The van der Waals surface area contributed by atoms with Crippen molar-refractivity contribution in [3.05, 3.63) is 72.1 Å². The van der Waals surface area contributed by atoms with Gasteiger partial charge in [-0.05, 0) is 48.9 Å². The van der Waals surface area contributed by atoms with E-state index in [1.54, 1.807) is 6.20 Å². The van der Waals surface area contributed by atoms with Crippen LogP contribution in [0.1, 0.15) is 11.3 Å². The van der Waals surface area contributed by atoms with E-state index in [0.717, 1.165) is 39.1 Å². The van der Waals surface area contributed by atoms with Crippen LogP contribution in [0.2, 0.25) is 0 Å². The normalized spacial score (nSPS) is 11.2. The molecule has 0 spiro atoms. The molecule has 0 saturated carbocycles. The molecule has 0 aliphatic heterocycles. The number of aryl methyl sites for hydroxylation is 1. The monoisotopic (exact) mass is 371 g/mol. The Morgan fingerprint density at radius 2 is 2.07 bits per heavy atom. The van der Waals surface area contributed by atoms with Gasteiger partial charge in [0.2, 0.25) is 0 Å². The van der Waals surface area contributed by atoms with Crippen molar-refractivity contribution in [1.29, 1.82) is 0 Å². The van der Waals surface area contributed by atoms with E-state index >= 15 is 0 Å². The molecule has 2 aromatic carbocycles. The first kappa shape index (κ1) is 16.3. The number of benzene rings is 2. The fourth-order valence-electron chi connectivity index (χ4n) is 3.11. The minimum atomic E-state index is 0.344. The third kappa shape index (κ3) is 3.03. The predicted octanol–water partition coefficient (Wildman–Crippen LogP) is 4.73. The summed E-state index contributed by atoms with van der Waals surface area (Å²) < 4.78 is 11.3. The van der Waals surface area contributed by atoms with Crippen LogP contribution in [0.25, 0.3) is 22.0 Å². The van der Waals surface area contributed by atoms with Gasteiger partial charge in [0.25, 0.3) is 0 Å². The summed E-state index contributed by atoms with van der Waals surface area (Å²) in [7, 11) is 0. The Morgan fingerprint density at radius 1 is 1.11 bits per heavy atom. The summed E-state index contributed by atoms with van der Waals surface area (Å²) in [5, 5.41) is 15.6. The van der Waals surface area contributed by atoms with Gasteiger partial charge in [0.15, 0.2) is 11.4 Å². The zero-order valence-electron chi connectivity index (χ0n) is 15.1. The Bertz CT molecular complexity index is 1270. The van der Waals surface area contributed by atoms with Crippen molar-refractivity contribution in [2.24, 2.45) is 0 Å². The highest BCUT2D eigenvalue weighted by Crippen LogP contribution is 2.27. The van der Waals surface area contributed by atoms with Crippen LogP contribution in [0.15, 0.2) is 65.3 Å². The van der Waals surface area contributed by atoms with Crippen molar-refractivity contribution in [3.8, 4) is 5.75 Å². The number of rotatable bonds is 5. The quantitative estimate of drug-likeness (QED) is 0.464. The summed E-state index contributed by atoms with van der Waals surface area (Å²) in [6.07, 6.45) is 1.74. The number of anilines is 2. The number of aromatic amines is 1. The van der Waals surface area contributed by atoms with Crippen LogP contribution in [0, 0.1) is 6.92 Å². The maximum atomic E-state index is 5.84. The van der Waals surface area contributed by atoms with Crippen LogP contribution < -0.4 is 10.1 Å². The zero-order chi connectivity index (χ0) is 18.9. The molecule has 3 aromatic heterocycles. The lowest BCUT2D eigenvalue weighted by molar-refractivity contribution is 0.292. The van der Waals surface area contributed by atoms with Crippen LogP contribution in [0.5, 0.6) is 5.75 Å². The molecule has 0 bridgehead atoms. The molecule has 0 atom stereocenters. The number of pyridine rings is 1. The van der Waals surface area contributed by atoms with Gasteiger partial charge in [0.1, 0.15) is 23.6 Å². The summed E-state index contributed by atoms with van der Waals surface area (Å²) in [6.45, 7) is 2.38. The lowest BCUT2D eigenvalue weighted by atomic mass is 10.2. The van der Waals surface area contributed by atoms with E-state index in [4.69, 9.17) is 9.26 Å². The lowest BCUT2D eigenvalue weighted by Crippen LogP contribution is -1.96. The topological polar surface area (TPSA) is 88.9 Å². The molecule has 7 nitrogen and oxygen atoms in total. The molecule has 5 aromatic rings. The number of hydrogen-bond acceptors (Lipinski definition) is 6. The van der Waals surface area contributed by atoms with Crippen molar-refractivity contribution in [2.75, 3.05) is 5.32 Å². The summed E-state index contributed by atoms with van der Waals surface area (Å²) in [5.41, 5.74) is 5.09. The molecule has 28 heavy (non-hydrogen) atoms. The van der Waals surface area contributed by atoms with Gasteiger partial charge in [-0.3, -0.25) is 10.1 Å². The van der Waals surface area contributed by atoms with Crippen LogP contribution in [-0.2, 0) is 6.61 Å². The van der Waals surface area contributed by atoms with E-state index < -0.39 is 0 Å². The molecule has 0 saturated heterocycles. The standard InChI is InChI=1S/C21H17N5O2/c1-13-4-2-5-15(10-13)27-12-18-16-8-7-14(11-19(16)28-26-18)23-21-20-17(24-25-21)6-3-9-22-20/h2-11H,12H2,1H3,(H2,23,24,25). The summed E-state index contributed by atoms with van der Waals surface area (Å²) in [4.78, 5) is 4.35. The van der Waals surface area contributed by atoms with Crippen molar-refractivity contribution >= 4 is 33.5 Å². The van der Waals surface area contributed by atoms with E-state index in [2.05, 4.69) is 25.7 Å². The second kappa shape index (κ2) is 6.70. The molecule has 0 aliphatic rings. The minimum Gasteiger partial charge on any atom is -0.487 e. The number of fused-ring (bicyclic) bond motifs is 2. The van der Waals surface area contributed by atoms with Crippen LogP contribution >= 0.6 is 0 Å². The molecule has 7 heteroatoms. The van der Waals surface area contributed by atoms with Gasteiger partial charge in [-0.15, -0.1) is 0 Å². The number of H-pyrrole nitrogens is 1. The van der Waals surface area contributed by atoms with Crippen LogP contribution in [-0.4, -0.2) is 20.3 Å². The Balaban J connectivity index is 1.37. The summed E-state index contributed by atoms with van der Waals surface area (Å²) >= 11 is 0. The van der Waals surface area contributed by atoms with Gasteiger partial charge in [-0.25, -0.2) is 0 Å². The summed E-state index contributed by atoms with van der Waals surface area (Å²) in [5.74, 6) is 1.48. The van der Waals surface area contributed by atoms with Crippen molar-refractivity contribution in [1.82, 2.24) is 20.3 Å². The average Bonchev–Trinajstić information content (AvgIpc) is 3.31. The van der Waals surface area contributed by atoms with E-state index in [-0.39, 0.29) is 0 Å². The first-order chi connectivity index (χ1) is 13.8. The van der Waals surface area contributed by atoms with Crippen molar-refractivity contribution in [3.63, 3.8) is 0 Å². The largest absolute Gasteiger partial charge is 0.487 e. The van der Waals surface area contributed by atoms with Gasteiger partial charge in [0.05, 0.1) is 5.52 Å².